The summed E-state index contributed by atoms with van der Waals surface area (Å²) < 4.78 is 0. The van der Waals surface area contributed by atoms with Crippen LogP contribution in [0.15, 0.2) is 24.3 Å². The molecule has 0 spiro atoms. The molecular formula is C19H26N2O4. The maximum atomic E-state index is 12.6. The summed E-state index contributed by atoms with van der Waals surface area (Å²) in [6, 6.07) is 6.78. The third-order valence-corrected chi connectivity index (χ3v) is 4.44. The molecule has 1 unspecified atom stereocenters. The molecule has 1 aliphatic heterocycles. The van der Waals surface area contributed by atoms with Gasteiger partial charge in [0.1, 0.15) is 6.04 Å². The van der Waals surface area contributed by atoms with Crippen molar-refractivity contribution in [2.45, 2.75) is 57.9 Å². The van der Waals surface area contributed by atoms with Crippen molar-refractivity contribution in [1.82, 2.24) is 4.90 Å². The number of carboxylic acid groups (broad SMARTS) is 1. The molecule has 1 aromatic carbocycles. The highest BCUT2D eigenvalue weighted by Crippen LogP contribution is 2.20. The molecule has 136 valence electrons. The van der Waals surface area contributed by atoms with Crippen molar-refractivity contribution in [2.75, 3.05) is 11.9 Å². The molecule has 0 aromatic heterocycles. The molecule has 1 aliphatic rings. The number of aryl methyl sites for hydroxylation is 1. The van der Waals surface area contributed by atoms with Crippen LogP contribution in [-0.2, 0) is 20.8 Å². The zero-order valence-corrected chi connectivity index (χ0v) is 14.7. The number of aliphatic carboxylic acids is 1. The van der Waals surface area contributed by atoms with Gasteiger partial charge in [-0.05, 0) is 49.8 Å². The van der Waals surface area contributed by atoms with Crippen LogP contribution >= 0.6 is 0 Å². The average molecular weight is 346 g/mol. The largest absolute Gasteiger partial charge is 0.481 e. The molecule has 0 saturated carbocycles. The lowest BCUT2D eigenvalue weighted by Gasteiger charge is -2.34. The Hall–Kier alpha value is -2.37. The Morgan fingerprint density at radius 2 is 1.88 bits per heavy atom. The fourth-order valence-electron chi connectivity index (χ4n) is 3.09. The number of benzene rings is 1. The lowest BCUT2D eigenvalue weighted by Crippen LogP contribution is -2.49. The maximum Gasteiger partial charge on any atom is 0.303 e. The number of carboxylic acids is 1. The Morgan fingerprint density at radius 3 is 2.52 bits per heavy atom. The van der Waals surface area contributed by atoms with Crippen LogP contribution in [0.1, 0.15) is 51.0 Å². The van der Waals surface area contributed by atoms with E-state index in [9.17, 15) is 14.4 Å². The number of rotatable bonds is 7. The van der Waals surface area contributed by atoms with Crippen LogP contribution in [0.2, 0.25) is 0 Å². The summed E-state index contributed by atoms with van der Waals surface area (Å²) in [5, 5.41) is 11.6. The number of hydrogen-bond acceptors (Lipinski definition) is 3. The molecule has 1 aromatic rings. The van der Waals surface area contributed by atoms with E-state index in [1.807, 2.05) is 19.1 Å². The normalized spacial score (nSPS) is 17.2. The smallest absolute Gasteiger partial charge is 0.303 e. The van der Waals surface area contributed by atoms with Gasteiger partial charge in [0.15, 0.2) is 0 Å². The number of piperidine rings is 1. The monoisotopic (exact) mass is 346 g/mol. The second kappa shape index (κ2) is 9.20. The first-order chi connectivity index (χ1) is 12.0. The molecule has 1 heterocycles. The molecule has 2 N–H and O–H groups in total. The predicted octanol–water partition coefficient (Wildman–Crippen LogP) is 2.82. The molecule has 1 atom stereocenters. The van der Waals surface area contributed by atoms with Crippen LogP contribution in [0, 0.1) is 0 Å². The highest BCUT2D eigenvalue weighted by atomic mass is 16.4. The number of amides is 2. The SMILES string of the molecule is CCCC(=O)N1CCCCC1C(=O)Nc1ccc(CCC(=O)O)cc1. The Balaban J connectivity index is 1.97. The van der Waals surface area contributed by atoms with Gasteiger partial charge in [-0.2, -0.15) is 0 Å². The molecule has 0 radical (unpaired) electrons. The van der Waals surface area contributed by atoms with Crippen molar-refractivity contribution in [3.05, 3.63) is 29.8 Å². The topological polar surface area (TPSA) is 86.7 Å². The summed E-state index contributed by atoms with van der Waals surface area (Å²) in [5.41, 5.74) is 1.58. The van der Waals surface area contributed by atoms with Crippen LogP contribution in [-0.4, -0.2) is 40.4 Å². The second-order valence-electron chi connectivity index (χ2n) is 6.43. The summed E-state index contributed by atoms with van der Waals surface area (Å²) >= 11 is 0. The lowest BCUT2D eigenvalue weighted by atomic mass is 10.0. The highest BCUT2D eigenvalue weighted by Gasteiger charge is 2.31. The minimum atomic E-state index is -0.827. The number of likely N-dealkylation sites (tertiary alicyclic amines) is 1. The van der Waals surface area contributed by atoms with Gasteiger partial charge >= 0.3 is 5.97 Å². The summed E-state index contributed by atoms with van der Waals surface area (Å²) in [6.07, 6.45) is 4.38. The molecule has 25 heavy (non-hydrogen) atoms. The van der Waals surface area contributed by atoms with E-state index >= 15 is 0 Å². The fraction of sp³-hybridized carbons (Fsp3) is 0.526. The van der Waals surface area contributed by atoms with Gasteiger partial charge in [-0.25, -0.2) is 0 Å². The third kappa shape index (κ3) is 5.59. The van der Waals surface area contributed by atoms with Crippen molar-refractivity contribution >= 4 is 23.5 Å². The van der Waals surface area contributed by atoms with E-state index in [0.717, 1.165) is 24.8 Å². The fourth-order valence-corrected chi connectivity index (χ4v) is 3.09. The number of nitrogens with zero attached hydrogens (tertiary/aromatic N) is 1. The van der Waals surface area contributed by atoms with Gasteiger partial charge < -0.3 is 15.3 Å². The van der Waals surface area contributed by atoms with E-state index in [4.69, 9.17) is 5.11 Å². The van der Waals surface area contributed by atoms with E-state index < -0.39 is 12.0 Å². The standard InChI is InChI=1S/C19H26N2O4/c1-2-5-17(22)21-13-4-3-6-16(21)19(25)20-15-10-7-14(8-11-15)9-12-18(23)24/h7-8,10-11,16H,2-6,9,12-13H2,1H3,(H,20,25)(H,23,24). The van der Waals surface area contributed by atoms with Crippen LogP contribution in [0.5, 0.6) is 0 Å². The van der Waals surface area contributed by atoms with E-state index in [0.29, 0.717) is 31.5 Å². The summed E-state index contributed by atoms with van der Waals surface area (Å²) in [6.45, 7) is 2.61. The van der Waals surface area contributed by atoms with Crippen molar-refractivity contribution in [3.63, 3.8) is 0 Å². The molecule has 6 nitrogen and oxygen atoms in total. The molecule has 0 bridgehead atoms. The van der Waals surface area contributed by atoms with Crippen LogP contribution in [0.25, 0.3) is 0 Å². The maximum absolute atomic E-state index is 12.6. The Labute approximate surface area is 148 Å². The Morgan fingerprint density at radius 1 is 1.16 bits per heavy atom. The summed E-state index contributed by atoms with van der Waals surface area (Å²) in [7, 11) is 0. The number of hydrogen-bond donors (Lipinski definition) is 2. The van der Waals surface area contributed by atoms with Crippen LogP contribution < -0.4 is 5.32 Å². The number of carbonyl (C=O) groups is 3. The zero-order valence-electron chi connectivity index (χ0n) is 14.7. The van der Waals surface area contributed by atoms with Crippen molar-refractivity contribution in [1.29, 1.82) is 0 Å². The number of nitrogens with one attached hydrogen (secondary N) is 1. The quantitative estimate of drug-likeness (QED) is 0.795. The van der Waals surface area contributed by atoms with E-state index in [1.165, 1.54) is 0 Å². The predicted molar refractivity (Wildman–Crippen MR) is 95.3 cm³/mol. The molecule has 2 amide bonds. The number of carbonyl (C=O) groups excluding carboxylic acids is 2. The minimum Gasteiger partial charge on any atom is -0.481 e. The Kier molecular flexibility index (Phi) is 6.98. The first kappa shape index (κ1) is 19.0. The number of anilines is 1. The van der Waals surface area contributed by atoms with E-state index in [2.05, 4.69) is 5.32 Å². The van der Waals surface area contributed by atoms with Crippen molar-refractivity contribution < 1.29 is 19.5 Å². The molecule has 0 aliphatic carbocycles. The first-order valence-electron chi connectivity index (χ1n) is 8.92. The van der Waals surface area contributed by atoms with E-state index in [-0.39, 0.29) is 18.2 Å². The minimum absolute atomic E-state index is 0.0476. The summed E-state index contributed by atoms with van der Waals surface area (Å²) in [4.78, 5) is 37.2. The van der Waals surface area contributed by atoms with Gasteiger partial charge in [0.2, 0.25) is 11.8 Å². The average Bonchev–Trinajstić information content (AvgIpc) is 2.61. The Bertz CT molecular complexity index is 612. The lowest BCUT2D eigenvalue weighted by molar-refractivity contribution is -0.140. The van der Waals surface area contributed by atoms with Gasteiger partial charge in [-0.3, -0.25) is 14.4 Å². The van der Waals surface area contributed by atoms with Gasteiger partial charge in [0, 0.05) is 25.1 Å². The van der Waals surface area contributed by atoms with Gasteiger partial charge in [-0.1, -0.05) is 19.1 Å². The van der Waals surface area contributed by atoms with Crippen LogP contribution in [0.4, 0.5) is 5.69 Å². The zero-order chi connectivity index (χ0) is 18.2. The third-order valence-electron chi connectivity index (χ3n) is 4.44. The van der Waals surface area contributed by atoms with Gasteiger partial charge in [-0.15, -0.1) is 0 Å². The first-order valence-corrected chi connectivity index (χ1v) is 8.92. The van der Waals surface area contributed by atoms with Gasteiger partial charge in [0.25, 0.3) is 0 Å². The highest BCUT2D eigenvalue weighted by molar-refractivity contribution is 5.97. The molecular weight excluding hydrogens is 320 g/mol. The molecule has 2 rings (SSSR count). The van der Waals surface area contributed by atoms with Crippen molar-refractivity contribution in [2.24, 2.45) is 0 Å². The van der Waals surface area contributed by atoms with Crippen molar-refractivity contribution in [3.8, 4) is 0 Å². The summed E-state index contributed by atoms with van der Waals surface area (Å²) in [5.74, 6) is -0.930. The van der Waals surface area contributed by atoms with Gasteiger partial charge in [0.05, 0.1) is 0 Å². The molecule has 1 saturated heterocycles. The van der Waals surface area contributed by atoms with E-state index in [1.54, 1.807) is 17.0 Å². The van der Waals surface area contributed by atoms with Crippen LogP contribution in [0.3, 0.4) is 0 Å². The molecule has 1 fully saturated rings. The second-order valence-corrected chi connectivity index (χ2v) is 6.43. The molecule has 6 heteroatoms.